The smallest absolute Gasteiger partial charge is 0.243 e. The Labute approximate surface area is 182 Å². The van der Waals surface area contributed by atoms with Gasteiger partial charge in [0.2, 0.25) is 15.9 Å². The lowest BCUT2D eigenvalue weighted by molar-refractivity contribution is -0.116. The highest BCUT2D eigenvalue weighted by atomic mass is 32.2. The van der Waals surface area contributed by atoms with Crippen molar-refractivity contribution >= 4 is 21.7 Å². The van der Waals surface area contributed by atoms with Gasteiger partial charge in [0, 0.05) is 12.6 Å². The molecule has 1 aliphatic rings. The largest absolute Gasteiger partial charge is 0.310 e. The van der Waals surface area contributed by atoms with Crippen molar-refractivity contribution in [1.29, 1.82) is 0 Å². The maximum absolute atomic E-state index is 13.3. The molecule has 1 amide bonds. The number of carbonyl (C=O) groups is 1. The molecule has 4 rings (SSSR count). The van der Waals surface area contributed by atoms with E-state index < -0.39 is 15.9 Å². The second-order valence-electron chi connectivity index (χ2n) is 7.72. The van der Waals surface area contributed by atoms with Crippen LogP contribution in [-0.2, 0) is 21.4 Å². The molecule has 3 aromatic rings. The number of nitrogens with zero attached hydrogens (tertiary/aromatic N) is 3. The minimum atomic E-state index is -3.85. The molecule has 162 valence electrons. The molecule has 0 spiro atoms. The van der Waals surface area contributed by atoms with Crippen molar-refractivity contribution in [1.82, 2.24) is 14.1 Å². The second-order valence-corrected chi connectivity index (χ2v) is 9.66. The number of hydrogen-bond donors (Lipinski definition) is 1. The Morgan fingerprint density at radius 2 is 1.65 bits per heavy atom. The van der Waals surface area contributed by atoms with E-state index in [1.807, 2.05) is 35.0 Å². The fraction of sp³-hybridized carbons (Fsp3) is 0.304. The van der Waals surface area contributed by atoms with E-state index >= 15 is 0 Å². The van der Waals surface area contributed by atoms with Crippen LogP contribution >= 0.6 is 0 Å². The predicted molar refractivity (Wildman–Crippen MR) is 119 cm³/mol. The van der Waals surface area contributed by atoms with Crippen LogP contribution in [0.25, 0.3) is 0 Å². The van der Waals surface area contributed by atoms with Crippen LogP contribution in [0.1, 0.15) is 37.3 Å². The zero-order chi connectivity index (χ0) is 21.7. The molecule has 7 nitrogen and oxygen atoms in total. The van der Waals surface area contributed by atoms with Crippen LogP contribution in [0.3, 0.4) is 0 Å². The number of hydrogen-bond acceptors (Lipinski definition) is 4. The summed E-state index contributed by atoms with van der Waals surface area (Å²) in [4.78, 5) is 13.1. The molecule has 31 heavy (non-hydrogen) atoms. The number of amides is 1. The Morgan fingerprint density at radius 3 is 2.32 bits per heavy atom. The molecule has 1 aromatic heterocycles. The van der Waals surface area contributed by atoms with Crippen molar-refractivity contribution in [2.24, 2.45) is 0 Å². The van der Waals surface area contributed by atoms with Gasteiger partial charge >= 0.3 is 0 Å². The highest BCUT2D eigenvalue weighted by Gasteiger charge is 2.27. The van der Waals surface area contributed by atoms with Gasteiger partial charge in [-0.1, -0.05) is 61.4 Å². The summed E-state index contributed by atoms with van der Waals surface area (Å²) in [5.74, 6) is 0.212. The Kier molecular flexibility index (Phi) is 6.48. The van der Waals surface area contributed by atoms with Crippen LogP contribution in [0.4, 0.5) is 5.82 Å². The molecule has 0 radical (unpaired) electrons. The summed E-state index contributed by atoms with van der Waals surface area (Å²) in [6, 6.07) is 19.5. The van der Waals surface area contributed by atoms with Crippen molar-refractivity contribution in [3.63, 3.8) is 0 Å². The van der Waals surface area contributed by atoms with Crippen molar-refractivity contribution in [2.45, 2.75) is 43.2 Å². The van der Waals surface area contributed by atoms with Gasteiger partial charge in [-0.2, -0.15) is 9.40 Å². The molecule has 1 aliphatic carbocycles. The van der Waals surface area contributed by atoms with E-state index in [1.165, 1.54) is 4.31 Å². The molecule has 1 saturated carbocycles. The average molecular weight is 439 g/mol. The van der Waals surface area contributed by atoms with E-state index in [1.54, 1.807) is 42.6 Å². The van der Waals surface area contributed by atoms with Gasteiger partial charge in [-0.05, 0) is 30.5 Å². The van der Waals surface area contributed by atoms with Gasteiger partial charge in [-0.15, -0.1) is 0 Å². The van der Waals surface area contributed by atoms with Gasteiger partial charge in [0.1, 0.15) is 5.82 Å². The van der Waals surface area contributed by atoms with Gasteiger partial charge in [-0.25, -0.2) is 13.1 Å². The molecule has 0 atom stereocenters. The summed E-state index contributed by atoms with van der Waals surface area (Å²) < 4.78 is 29.6. The quantitative estimate of drug-likeness (QED) is 0.579. The van der Waals surface area contributed by atoms with Crippen LogP contribution in [-0.4, -0.2) is 35.0 Å². The van der Waals surface area contributed by atoms with Gasteiger partial charge in [0.15, 0.2) is 0 Å². The number of nitrogens with one attached hydrogen (secondary N) is 1. The first-order chi connectivity index (χ1) is 15.0. The first-order valence-electron chi connectivity index (χ1n) is 10.5. The van der Waals surface area contributed by atoms with E-state index in [9.17, 15) is 13.2 Å². The lowest BCUT2D eigenvalue weighted by atomic mass is 10.2. The third-order valence-corrected chi connectivity index (χ3v) is 7.32. The van der Waals surface area contributed by atoms with Crippen LogP contribution in [0.15, 0.2) is 77.8 Å². The normalized spacial score (nSPS) is 14.7. The Balaban J connectivity index is 1.55. The monoisotopic (exact) mass is 438 g/mol. The molecular formula is C23H26N4O3S. The molecule has 0 saturated heterocycles. The Hall–Kier alpha value is -2.97. The first-order valence-corrected chi connectivity index (χ1v) is 11.9. The van der Waals surface area contributed by atoms with Crippen LogP contribution in [0, 0.1) is 0 Å². The van der Waals surface area contributed by atoms with E-state index in [4.69, 9.17) is 0 Å². The van der Waals surface area contributed by atoms with Gasteiger partial charge in [-0.3, -0.25) is 4.79 Å². The summed E-state index contributed by atoms with van der Waals surface area (Å²) in [7, 11) is -3.85. The van der Waals surface area contributed by atoms with Crippen molar-refractivity contribution < 1.29 is 13.2 Å². The fourth-order valence-corrected chi connectivity index (χ4v) is 5.36. The Morgan fingerprint density at radius 1 is 1.00 bits per heavy atom. The summed E-state index contributed by atoms with van der Waals surface area (Å²) in [6.07, 6.45) is 6.03. The minimum absolute atomic E-state index is 0.105. The van der Waals surface area contributed by atoms with Gasteiger partial charge < -0.3 is 5.32 Å². The molecule has 2 aromatic carbocycles. The van der Waals surface area contributed by atoms with Crippen LogP contribution in [0.2, 0.25) is 0 Å². The molecular weight excluding hydrogens is 412 g/mol. The topological polar surface area (TPSA) is 84.3 Å². The standard InChI is InChI=1S/C23H26N4O3S/c28-23(25-22-15-16-24-27(22)20-11-7-8-12-20)18-26(17-19-9-3-1-4-10-19)31(29,30)21-13-5-2-6-14-21/h1-6,9-10,13-16,20H,7-8,11-12,17-18H2,(H,25,28). The number of benzene rings is 2. The van der Waals surface area contributed by atoms with E-state index in [0.717, 1.165) is 31.2 Å². The predicted octanol–water partition coefficient (Wildman–Crippen LogP) is 3.83. The van der Waals surface area contributed by atoms with Crippen molar-refractivity contribution in [2.75, 3.05) is 11.9 Å². The Bertz CT molecular complexity index is 1110. The summed E-state index contributed by atoms with van der Waals surface area (Å²) in [5, 5.41) is 7.23. The third kappa shape index (κ3) is 5.03. The first kappa shape index (κ1) is 21.3. The van der Waals surface area contributed by atoms with Crippen molar-refractivity contribution in [3.8, 4) is 0 Å². The number of rotatable bonds is 8. The molecule has 0 bridgehead atoms. The fourth-order valence-electron chi connectivity index (χ4n) is 3.95. The maximum atomic E-state index is 13.3. The molecule has 1 heterocycles. The van der Waals surface area contributed by atoms with E-state index in [0.29, 0.717) is 5.82 Å². The molecule has 0 unspecified atom stereocenters. The zero-order valence-corrected chi connectivity index (χ0v) is 18.0. The summed E-state index contributed by atoms with van der Waals surface area (Å²) in [5.41, 5.74) is 0.811. The molecule has 1 N–H and O–H groups in total. The maximum Gasteiger partial charge on any atom is 0.243 e. The molecule has 0 aliphatic heterocycles. The highest BCUT2D eigenvalue weighted by Crippen LogP contribution is 2.31. The second kappa shape index (κ2) is 9.45. The van der Waals surface area contributed by atoms with Gasteiger partial charge in [0.25, 0.3) is 0 Å². The van der Waals surface area contributed by atoms with Gasteiger partial charge in [0.05, 0.1) is 23.7 Å². The number of carbonyl (C=O) groups excluding carboxylic acids is 1. The highest BCUT2D eigenvalue weighted by molar-refractivity contribution is 7.89. The zero-order valence-electron chi connectivity index (χ0n) is 17.2. The molecule has 8 heteroatoms. The number of aromatic nitrogens is 2. The lowest BCUT2D eigenvalue weighted by Crippen LogP contribution is -2.38. The van der Waals surface area contributed by atoms with E-state index in [-0.39, 0.29) is 24.0 Å². The number of sulfonamides is 1. The summed E-state index contributed by atoms with van der Waals surface area (Å²) in [6.45, 7) is -0.185. The van der Waals surface area contributed by atoms with Crippen LogP contribution < -0.4 is 5.32 Å². The van der Waals surface area contributed by atoms with Crippen LogP contribution in [0.5, 0.6) is 0 Å². The third-order valence-electron chi connectivity index (χ3n) is 5.51. The van der Waals surface area contributed by atoms with Crippen molar-refractivity contribution in [3.05, 3.63) is 78.5 Å². The summed E-state index contributed by atoms with van der Waals surface area (Å²) >= 11 is 0. The van der Waals surface area contributed by atoms with E-state index in [2.05, 4.69) is 10.4 Å². The average Bonchev–Trinajstić information content (AvgIpc) is 3.46. The molecule has 1 fully saturated rings. The minimum Gasteiger partial charge on any atom is -0.310 e. The SMILES string of the molecule is O=C(CN(Cc1ccccc1)S(=O)(=O)c1ccccc1)Nc1ccnn1C1CCCC1. The lowest BCUT2D eigenvalue weighted by Gasteiger charge is -2.22. The number of anilines is 1.